The first-order valence-electron chi connectivity index (χ1n) is 7.18. The fourth-order valence-electron chi connectivity index (χ4n) is 1.92. The van der Waals surface area contributed by atoms with E-state index in [1.165, 1.54) is 7.11 Å². The number of ether oxygens (including phenoxy) is 1. The predicted octanol–water partition coefficient (Wildman–Crippen LogP) is 2.40. The van der Waals surface area contributed by atoms with Gasteiger partial charge in [-0.2, -0.15) is 5.48 Å². The molecular weight excluding hydrogens is 270 g/mol. The van der Waals surface area contributed by atoms with Gasteiger partial charge in [-0.25, -0.2) is 0 Å². The van der Waals surface area contributed by atoms with Crippen LogP contribution in [0, 0.1) is 0 Å². The van der Waals surface area contributed by atoms with Crippen molar-refractivity contribution in [2.75, 3.05) is 7.11 Å². The molecule has 1 aromatic rings. The van der Waals surface area contributed by atoms with Crippen molar-refractivity contribution in [2.24, 2.45) is 0 Å². The molecule has 21 heavy (non-hydrogen) atoms. The van der Waals surface area contributed by atoms with E-state index < -0.39 is 0 Å². The van der Waals surface area contributed by atoms with Crippen molar-refractivity contribution in [3.05, 3.63) is 35.9 Å². The Bertz CT molecular complexity index is 408. The highest BCUT2D eigenvalue weighted by atomic mass is 16.6. The summed E-state index contributed by atoms with van der Waals surface area (Å²) in [6, 6.07) is 9.69. The van der Waals surface area contributed by atoms with Crippen molar-refractivity contribution in [3.8, 4) is 0 Å². The van der Waals surface area contributed by atoms with Crippen LogP contribution in [0.1, 0.15) is 37.7 Å². The van der Waals surface area contributed by atoms with Crippen molar-refractivity contribution in [3.63, 3.8) is 0 Å². The van der Waals surface area contributed by atoms with Crippen LogP contribution in [0.15, 0.2) is 30.3 Å². The van der Waals surface area contributed by atoms with Crippen LogP contribution >= 0.6 is 0 Å². The van der Waals surface area contributed by atoms with Gasteiger partial charge in [0, 0.05) is 12.5 Å². The Hall–Kier alpha value is -1.72. The number of rotatable bonds is 11. The number of unbranched alkanes of at least 4 members (excludes halogenated alkanes) is 2. The minimum absolute atomic E-state index is 0.104. The van der Waals surface area contributed by atoms with Crippen LogP contribution in [-0.2, 0) is 25.8 Å². The van der Waals surface area contributed by atoms with Crippen LogP contribution < -0.4 is 5.48 Å². The summed E-state index contributed by atoms with van der Waals surface area (Å²) >= 11 is 0. The third-order valence-electron chi connectivity index (χ3n) is 3.10. The van der Waals surface area contributed by atoms with Crippen LogP contribution in [0.4, 0.5) is 0 Å². The molecule has 0 aromatic heterocycles. The maximum absolute atomic E-state index is 11.4. The third-order valence-corrected chi connectivity index (χ3v) is 3.10. The van der Waals surface area contributed by atoms with Gasteiger partial charge < -0.3 is 9.53 Å². The quantitative estimate of drug-likeness (QED) is 0.294. The number of carbonyl (C=O) groups excluding carboxylic acids is 2. The topological polar surface area (TPSA) is 64.6 Å². The smallest absolute Gasteiger partial charge is 0.307 e. The lowest BCUT2D eigenvalue weighted by Crippen LogP contribution is -2.32. The largest absolute Gasteiger partial charge is 0.469 e. The number of hydrogen-bond acceptors (Lipinski definition) is 5. The van der Waals surface area contributed by atoms with Crippen molar-refractivity contribution >= 4 is 12.3 Å². The molecule has 1 unspecified atom stereocenters. The second-order valence-corrected chi connectivity index (χ2v) is 4.82. The molecule has 5 nitrogen and oxygen atoms in total. The molecule has 0 fully saturated rings. The van der Waals surface area contributed by atoms with E-state index in [1.54, 1.807) is 0 Å². The molecule has 0 aliphatic rings. The standard InChI is InChI=1S/C16H23NO4/c1-20-16(19)12-15(10-6-3-7-11-18)17-21-13-14-8-4-2-5-9-14/h2,4-5,8-9,11,15,17H,3,6-7,10,12-13H2,1H3. The van der Waals surface area contributed by atoms with Gasteiger partial charge in [0.15, 0.2) is 0 Å². The van der Waals surface area contributed by atoms with E-state index >= 15 is 0 Å². The van der Waals surface area contributed by atoms with E-state index in [1.807, 2.05) is 30.3 Å². The summed E-state index contributed by atoms with van der Waals surface area (Å²) in [7, 11) is 1.37. The van der Waals surface area contributed by atoms with Gasteiger partial charge in [0.1, 0.15) is 6.29 Å². The van der Waals surface area contributed by atoms with Gasteiger partial charge in [0.05, 0.1) is 20.1 Å². The van der Waals surface area contributed by atoms with Gasteiger partial charge in [-0.05, 0) is 18.4 Å². The Morgan fingerprint density at radius 2 is 2.05 bits per heavy atom. The highest BCUT2D eigenvalue weighted by Gasteiger charge is 2.14. The van der Waals surface area contributed by atoms with E-state index in [0.29, 0.717) is 13.0 Å². The molecule has 1 rings (SSSR count). The second-order valence-electron chi connectivity index (χ2n) is 4.82. The molecule has 0 aliphatic carbocycles. The molecule has 0 heterocycles. The van der Waals surface area contributed by atoms with Crippen LogP contribution in [0.2, 0.25) is 0 Å². The summed E-state index contributed by atoms with van der Waals surface area (Å²) in [6.45, 7) is 0.437. The summed E-state index contributed by atoms with van der Waals surface area (Å²) in [5.74, 6) is -0.272. The number of aldehydes is 1. The van der Waals surface area contributed by atoms with Gasteiger partial charge in [0.25, 0.3) is 0 Å². The third kappa shape index (κ3) is 8.22. The summed E-state index contributed by atoms with van der Waals surface area (Å²) in [5, 5.41) is 0. The van der Waals surface area contributed by atoms with E-state index in [-0.39, 0.29) is 18.4 Å². The van der Waals surface area contributed by atoms with Gasteiger partial charge in [-0.3, -0.25) is 9.63 Å². The predicted molar refractivity (Wildman–Crippen MR) is 79.3 cm³/mol. The molecule has 0 bridgehead atoms. The fourth-order valence-corrected chi connectivity index (χ4v) is 1.92. The minimum atomic E-state index is -0.272. The molecule has 0 spiro atoms. The van der Waals surface area contributed by atoms with Gasteiger partial charge in [0.2, 0.25) is 0 Å². The Balaban J connectivity index is 2.32. The molecule has 0 saturated heterocycles. The summed E-state index contributed by atoms with van der Waals surface area (Å²) in [6.07, 6.45) is 4.16. The van der Waals surface area contributed by atoms with Crippen molar-refractivity contribution in [1.29, 1.82) is 0 Å². The molecular formula is C16H23NO4. The molecule has 0 saturated carbocycles. The highest BCUT2D eigenvalue weighted by molar-refractivity contribution is 5.69. The van der Waals surface area contributed by atoms with Crippen LogP contribution in [0.5, 0.6) is 0 Å². The monoisotopic (exact) mass is 293 g/mol. The van der Waals surface area contributed by atoms with Gasteiger partial charge in [-0.15, -0.1) is 0 Å². The normalized spacial score (nSPS) is 11.9. The van der Waals surface area contributed by atoms with Crippen LogP contribution in [0.25, 0.3) is 0 Å². The number of esters is 1. The lowest BCUT2D eigenvalue weighted by Gasteiger charge is -2.17. The molecule has 1 N–H and O–H groups in total. The zero-order valence-electron chi connectivity index (χ0n) is 12.4. The number of nitrogens with one attached hydrogen (secondary N) is 1. The molecule has 1 aromatic carbocycles. The summed E-state index contributed by atoms with van der Waals surface area (Å²) in [4.78, 5) is 27.1. The summed E-state index contributed by atoms with van der Waals surface area (Å²) < 4.78 is 4.68. The highest BCUT2D eigenvalue weighted by Crippen LogP contribution is 2.08. The summed E-state index contributed by atoms with van der Waals surface area (Å²) in [5.41, 5.74) is 3.98. The van der Waals surface area contributed by atoms with E-state index in [2.05, 4.69) is 10.2 Å². The SMILES string of the molecule is COC(=O)CC(CCCCC=O)NOCc1ccccc1. The first-order chi connectivity index (χ1) is 10.3. The fraction of sp³-hybridized carbons (Fsp3) is 0.500. The average Bonchev–Trinajstić information content (AvgIpc) is 2.52. The Labute approximate surface area is 125 Å². The molecule has 116 valence electrons. The molecule has 0 radical (unpaired) electrons. The van der Waals surface area contributed by atoms with E-state index in [0.717, 1.165) is 31.1 Å². The van der Waals surface area contributed by atoms with E-state index in [9.17, 15) is 9.59 Å². The maximum Gasteiger partial charge on any atom is 0.307 e. The first kappa shape index (κ1) is 17.3. The van der Waals surface area contributed by atoms with Gasteiger partial charge in [-0.1, -0.05) is 36.8 Å². The van der Waals surface area contributed by atoms with Gasteiger partial charge >= 0.3 is 5.97 Å². The van der Waals surface area contributed by atoms with Crippen LogP contribution in [0.3, 0.4) is 0 Å². The number of carbonyl (C=O) groups is 2. The van der Waals surface area contributed by atoms with Crippen molar-refractivity contribution in [1.82, 2.24) is 5.48 Å². The number of benzene rings is 1. The molecule has 1 atom stereocenters. The number of hydrogen-bond donors (Lipinski definition) is 1. The lowest BCUT2D eigenvalue weighted by atomic mass is 10.1. The second kappa shape index (κ2) is 11.0. The first-order valence-corrected chi connectivity index (χ1v) is 7.18. The maximum atomic E-state index is 11.4. The zero-order valence-corrected chi connectivity index (χ0v) is 12.4. The molecule has 0 amide bonds. The van der Waals surface area contributed by atoms with E-state index in [4.69, 9.17) is 4.84 Å². The Morgan fingerprint density at radius 1 is 1.29 bits per heavy atom. The minimum Gasteiger partial charge on any atom is -0.469 e. The van der Waals surface area contributed by atoms with Crippen molar-refractivity contribution < 1.29 is 19.2 Å². The van der Waals surface area contributed by atoms with Crippen molar-refractivity contribution in [2.45, 2.75) is 44.8 Å². The average molecular weight is 293 g/mol. The number of methoxy groups -OCH3 is 1. The zero-order chi connectivity index (χ0) is 15.3. The molecule has 5 heteroatoms. The Kier molecular flexibility index (Phi) is 9.08. The van der Waals surface area contributed by atoms with Crippen LogP contribution in [-0.4, -0.2) is 25.4 Å². The lowest BCUT2D eigenvalue weighted by molar-refractivity contribution is -0.142. The Morgan fingerprint density at radius 3 is 2.71 bits per heavy atom. The number of hydroxylamine groups is 1. The molecule has 0 aliphatic heterocycles.